The van der Waals surface area contributed by atoms with Crippen LogP contribution in [0.1, 0.15) is 19.3 Å². The summed E-state index contributed by atoms with van der Waals surface area (Å²) in [5.74, 6) is -1.85. The van der Waals surface area contributed by atoms with Gasteiger partial charge in [-0.25, -0.2) is 0 Å². The van der Waals surface area contributed by atoms with Crippen molar-refractivity contribution in [2.24, 2.45) is 17.2 Å². The van der Waals surface area contributed by atoms with Gasteiger partial charge in [-0.05, 0) is 19.4 Å². The molecule has 0 fully saturated rings. The molecule has 0 amide bonds. The second kappa shape index (κ2) is 8.03. The lowest BCUT2D eigenvalue weighted by Crippen LogP contribution is -2.39. The fourth-order valence-corrected chi connectivity index (χ4v) is 0.977. The normalized spacial score (nSPS) is 14.2. The summed E-state index contributed by atoms with van der Waals surface area (Å²) in [6.07, 6.45) is 1.99. The van der Waals surface area contributed by atoms with Crippen LogP contribution in [0.3, 0.4) is 0 Å². The molecule has 0 unspecified atom stereocenters. The average molecular weight is 233 g/mol. The molecule has 2 atom stereocenters. The smallest absolute Gasteiger partial charge is 0.324 e. The van der Waals surface area contributed by atoms with Crippen LogP contribution in [0.5, 0.6) is 0 Å². The van der Waals surface area contributed by atoms with Crippen molar-refractivity contribution in [3.63, 3.8) is 0 Å². The Morgan fingerprint density at radius 2 is 1.81 bits per heavy atom. The lowest BCUT2D eigenvalue weighted by molar-refractivity contribution is -0.149. The van der Waals surface area contributed by atoms with Crippen molar-refractivity contribution in [2.75, 3.05) is 13.2 Å². The summed E-state index contributed by atoms with van der Waals surface area (Å²) in [7, 11) is 0. The van der Waals surface area contributed by atoms with E-state index in [1.807, 2.05) is 0 Å². The van der Waals surface area contributed by atoms with Crippen molar-refractivity contribution in [2.45, 2.75) is 31.3 Å². The van der Waals surface area contributed by atoms with E-state index in [-0.39, 0.29) is 6.61 Å². The minimum Gasteiger partial charge on any atom is -0.480 e. The minimum absolute atomic E-state index is 0.362. The van der Waals surface area contributed by atoms with Gasteiger partial charge in [-0.2, -0.15) is 0 Å². The van der Waals surface area contributed by atoms with E-state index in [1.54, 1.807) is 0 Å². The molecular weight excluding hydrogens is 214 g/mol. The first-order chi connectivity index (χ1) is 7.49. The molecule has 0 heterocycles. The second-order valence-electron chi connectivity index (χ2n) is 3.47. The summed E-state index contributed by atoms with van der Waals surface area (Å²) in [5.41, 5.74) is 16.0. The Balaban J connectivity index is 3.74. The molecule has 7 heteroatoms. The number of aliphatic carboxylic acids is 1. The molecule has 0 spiro atoms. The van der Waals surface area contributed by atoms with Crippen LogP contribution in [-0.4, -0.2) is 42.3 Å². The predicted molar refractivity (Wildman–Crippen MR) is 57.5 cm³/mol. The Morgan fingerprint density at radius 3 is 2.31 bits per heavy atom. The van der Waals surface area contributed by atoms with Gasteiger partial charge in [-0.3, -0.25) is 9.59 Å². The molecule has 0 saturated heterocycles. The van der Waals surface area contributed by atoms with Gasteiger partial charge in [-0.15, -0.1) is 0 Å². The minimum atomic E-state index is -1.22. The molecule has 0 aliphatic heterocycles. The molecule has 7 nitrogen and oxygen atoms in total. The average Bonchev–Trinajstić information content (AvgIpc) is 2.25. The zero-order valence-corrected chi connectivity index (χ0v) is 9.09. The Labute approximate surface area is 93.9 Å². The lowest BCUT2D eigenvalue weighted by Gasteiger charge is -2.12. The quantitative estimate of drug-likeness (QED) is 0.292. The maximum atomic E-state index is 11.2. The van der Waals surface area contributed by atoms with Crippen molar-refractivity contribution in [1.82, 2.24) is 0 Å². The summed E-state index contributed by atoms with van der Waals surface area (Å²) < 4.78 is 4.66. The molecule has 0 aliphatic carbocycles. The first-order valence-corrected chi connectivity index (χ1v) is 5.09. The largest absolute Gasteiger partial charge is 0.480 e. The standard InChI is InChI=1S/C9H19N3O4/c10-4-2-1-3-6(11)9(15)16-5-7(12)8(13)14/h6-7H,1-5,10-12H2,(H,13,14)/t6-,7+/m0/s1. The van der Waals surface area contributed by atoms with E-state index in [4.69, 9.17) is 22.3 Å². The van der Waals surface area contributed by atoms with Gasteiger partial charge in [0.1, 0.15) is 18.7 Å². The Bertz CT molecular complexity index is 235. The summed E-state index contributed by atoms with van der Waals surface area (Å²) in [6, 6.07) is -1.95. The van der Waals surface area contributed by atoms with Gasteiger partial charge in [0.05, 0.1) is 0 Å². The van der Waals surface area contributed by atoms with E-state index in [9.17, 15) is 9.59 Å². The van der Waals surface area contributed by atoms with Crippen LogP contribution >= 0.6 is 0 Å². The van der Waals surface area contributed by atoms with Crippen LogP contribution in [0, 0.1) is 0 Å². The molecule has 0 aromatic heterocycles. The number of carboxylic acid groups (broad SMARTS) is 1. The van der Waals surface area contributed by atoms with Gasteiger partial charge in [-0.1, -0.05) is 6.42 Å². The van der Waals surface area contributed by atoms with Crippen molar-refractivity contribution in [3.05, 3.63) is 0 Å². The number of carbonyl (C=O) groups is 2. The number of esters is 1. The topological polar surface area (TPSA) is 142 Å². The molecule has 7 N–H and O–H groups in total. The van der Waals surface area contributed by atoms with Crippen LogP contribution in [0.25, 0.3) is 0 Å². The van der Waals surface area contributed by atoms with Crippen LogP contribution in [0.2, 0.25) is 0 Å². The van der Waals surface area contributed by atoms with E-state index in [2.05, 4.69) is 4.74 Å². The zero-order valence-electron chi connectivity index (χ0n) is 9.09. The third-order valence-electron chi connectivity index (χ3n) is 1.99. The highest BCUT2D eigenvalue weighted by atomic mass is 16.5. The molecule has 0 saturated carbocycles. The van der Waals surface area contributed by atoms with Gasteiger partial charge in [0.25, 0.3) is 0 Å². The van der Waals surface area contributed by atoms with Crippen molar-refractivity contribution < 1.29 is 19.4 Å². The first-order valence-electron chi connectivity index (χ1n) is 5.09. The number of ether oxygens (including phenoxy) is 1. The molecule has 0 bridgehead atoms. The molecule has 0 aromatic rings. The number of carboxylic acids is 1. The fraction of sp³-hybridized carbons (Fsp3) is 0.778. The Kier molecular flexibility index (Phi) is 7.44. The van der Waals surface area contributed by atoms with Gasteiger partial charge in [0.2, 0.25) is 0 Å². The van der Waals surface area contributed by atoms with E-state index in [0.717, 1.165) is 12.8 Å². The number of rotatable bonds is 8. The second-order valence-corrected chi connectivity index (χ2v) is 3.47. The van der Waals surface area contributed by atoms with Gasteiger partial charge >= 0.3 is 11.9 Å². The molecule has 94 valence electrons. The third kappa shape index (κ3) is 6.33. The summed E-state index contributed by atoms with van der Waals surface area (Å²) in [5, 5.41) is 8.45. The maximum absolute atomic E-state index is 11.2. The van der Waals surface area contributed by atoms with E-state index < -0.39 is 24.0 Å². The Morgan fingerprint density at radius 1 is 1.19 bits per heavy atom. The van der Waals surface area contributed by atoms with Crippen LogP contribution in [-0.2, 0) is 14.3 Å². The number of hydrogen-bond acceptors (Lipinski definition) is 6. The van der Waals surface area contributed by atoms with Gasteiger partial charge in [0.15, 0.2) is 0 Å². The highest BCUT2D eigenvalue weighted by Crippen LogP contribution is 2.00. The number of nitrogens with two attached hydrogens (primary N) is 3. The summed E-state index contributed by atoms with van der Waals surface area (Å²) in [6.45, 7) is 0.185. The molecule has 0 rings (SSSR count). The molecule has 0 aliphatic rings. The van der Waals surface area contributed by atoms with Crippen LogP contribution in [0.15, 0.2) is 0 Å². The summed E-state index contributed by atoms with van der Waals surface area (Å²) >= 11 is 0. The van der Waals surface area contributed by atoms with Crippen LogP contribution < -0.4 is 17.2 Å². The monoisotopic (exact) mass is 233 g/mol. The number of carbonyl (C=O) groups excluding carboxylic acids is 1. The fourth-order valence-electron chi connectivity index (χ4n) is 0.977. The SMILES string of the molecule is NCCCC[C@H](N)C(=O)OC[C@@H](N)C(=O)O. The maximum Gasteiger partial charge on any atom is 0.324 e. The van der Waals surface area contributed by atoms with E-state index in [0.29, 0.717) is 13.0 Å². The molecule has 16 heavy (non-hydrogen) atoms. The van der Waals surface area contributed by atoms with Crippen molar-refractivity contribution in [1.29, 1.82) is 0 Å². The Hall–Kier alpha value is -1.18. The number of hydrogen-bond donors (Lipinski definition) is 4. The van der Waals surface area contributed by atoms with Gasteiger partial charge in [0, 0.05) is 0 Å². The van der Waals surface area contributed by atoms with Crippen LogP contribution in [0.4, 0.5) is 0 Å². The first kappa shape index (κ1) is 14.8. The predicted octanol–water partition coefficient (Wildman–Crippen LogP) is -1.60. The van der Waals surface area contributed by atoms with Gasteiger partial charge < -0.3 is 27.0 Å². The lowest BCUT2D eigenvalue weighted by atomic mass is 10.1. The highest BCUT2D eigenvalue weighted by Gasteiger charge is 2.18. The molecule has 0 radical (unpaired) electrons. The third-order valence-corrected chi connectivity index (χ3v) is 1.99. The molecule has 0 aromatic carbocycles. The highest BCUT2D eigenvalue weighted by molar-refractivity contribution is 5.77. The summed E-state index contributed by atoms with van der Waals surface area (Å²) in [4.78, 5) is 21.6. The zero-order chi connectivity index (χ0) is 12.6. The van der Waals surface area contributed by atoms with E-state index >= 15 is 0 Å². The van der Waals surface area contributed by atoms with E-state index in [1.165, 1.54) is 0 Å². The van der Waals surface area contributed by atoms with Crippen molar-refractivity contribution >= 4 is 11.9 Å². The number of unbranched alkanes of at least 4 members (excludes halogenated alkanes) is 1. The molecular formula is C9H19N3O4. The van der Waals surface area contributed by atoms with Crippen molar-refractivity contribution in [3.8, 4) is 0 Å².